The minimum absolute atomic E-state index is 1.16. The summed E-state index contributed by atoms with van der Waals surface area (Å²) in [6, 6.07) is 0. The van der Waals surface area contributed by atoms with Gasteiger partial charge in [0.1, 0.15) is 0 Å². The highest BCUT2D eigenvalue weighted by Crippen LogP contribution is 1.73. The summed E-state index contributed by atoms with van der Waals surface area (Å²) < 4.78 is 0. The van der Waals surface area contributed by atoms with E-state index in [1.54, 1.807) is 0 Å². The molecule has 84 valence electrons. The lowest BCUT2D eigenvalue weighted by Gasteiger charge is -1.65. The van der Waals surface area contributed by atoms with Crippen molar-refractivity contribution in [3.63, 3.8) is 0 Å². The Kier molecular flexibility index (Phi) is 464. The molecule has 0 fully saturated rings. The summed E-state index contributed by atoms with van der Waals surface area (Å²) in [5.41, 5.74) is 0. The Hall–Kier alpha value is -0.520. The van der Waals surface area contributed by atoms with Crippen LogP contribution < -0.4 is 0 Å². The highest BCUT2D eigenvalue weighted by molar-refractivity contribution is 4.73. The van der Waals surface area contributed by atoms with Crippen LogP contribution in [-0.4, -0.2) is 0 Å². The highest BCUT2D eigenvalue weighted by Gasteiger charge is 1.52. The topological polar surface area (TPSA) is 0 Å². The van der Waals surface area contributed by atoms with E-state index in [4.69, 9.17) is 0 Å². The number of allylic oxidation sites excluding steroid dienone is 2. The lowest BCUT2D eigenvalue weighted by atomic mass is 10.4. The van der Waals surface area contributed by atoms with E-state index in [-0.39, 0.29) is 0 Å². The van der Waals surface area contributed by atoms with Gasteiger partial charge in [-0.2, -0.15) is 0 Å². The lowest BCUT2D eigenvalue weighted by Crippen LogP contribution is -1.43. The third-order valence-electron chi connectivity index (χ3n) is 0.471. The van der Waals surface area contributed by atoms with Crippen molar-refractivity contribution in [2.45, 2.75) is 61.8 Å². The molecule has 0 saturated carbocycles. The van der Waals surface area contributed by atoms with Crippen LogP contribution in [0.4, 0.5) is 0 Å². The summed E-state index contributed by atoms with van der Waals surface area (Å²) in [7, 11) is 0. The van der Waals surface area contributed by atoms with Gasteiger partial charge < -0.3 is 0 Å². The average molecular weight is 188 g/mol. The summed E-state index contributed by atoms with van der Waals surface area (Å²) in [6.07, 6.45) is 5.34. The van der Waals surface area contributed by atoms with Gasteiger partial charge in [-0.1, -0.05) is 60.6 Å². The predicted molar refractivity (Wildman–Crippen MR) is 70.4 cm³/mol. The molecule has 0 aromatic heterocycles. The van der Waals surface area contributed by atoms with Crippen molar-refractivity contribution < 1.29 is 0 Å². The van der Waals surface area contributed by atoms with Gasteiger partial charge in [0.25, 0.3) is 0 Å². The van der Waals surface area contributed by atoms with Crippen LogP contribution in [0.2, 0.25) is 0 Å². The van der Waals surface area contributed by atoms with Crippen LogP contribution in [0.25, 0.3) is 0 Å². The van der Waals surface area contributed by atoms with E-state index in [0.717, 1.165) is 6.42 Å². The van der Waals surface area contributed by atoms with E-state index >= 15 is 0 Å². The number of hydrogen-bond donors (Lipinski definition) is 0. The fraction of sp³-hybridized carbons (Fsp3) is 0.692. The molecule has 13 heavy (non-hydrogen) atoms. The van der Waals surface area contributed by atoms with Crippen LogP contribution in [0.15, 0.2) is 25.3 Å². The molecular weight excluding hydrogens is 156 g/mol. The quantitative estimate of drug-likeness (QED) is 0.453. The average Bonchev–Trinajstić information content (AvgIpc) is 2.30. The minimum atomic E-state index is 1.16. The standard InChI is InChI=1S/C5H10.3C2H6.C2H4/c1-3-5-4-2;4*1-2/h3,5H,4H2,1-2H3;3*1-2H3;1-2H2/b5-3-;;;;. The molecule has 0 aliphatic heterocycles. The maximum atomic E-state index is 3.00. The Morgan fingerprint density at radius 3 is 1.08 bits per heavy atom. The second-order valence-electron chi connectivity index (χ2n) is 0.977. The Bertz CT molecular complexity index is 35.3. The van der Waals surface area contributed by atoms with E-state index in [1.165, 1.54) is 0 Å². The zero-order valence-electron chi connectivity index (χ0n) is 11.3. The molecule has 0 aliphatic carbocycles. The fourth-order valence-electron chi connectivity index (χ4n) is 0.236. The normalized spacial score (nSPS) is 5.54. The molecule has 0 heteroatoms. The Morgan fingerprint density at radius 1 is 0.846 bits per heavy atom. The smallest absolute Gasteiger partial charge is 0.0379 e. The van der Waals surface area contributed by atoms with Gasteiger partial charge in [-0.15, -0.1) is 13.2 Å². The Labute approximate surface area is 87.8 Å². The molecule has 0 unspecified atom stereocenters. The van der Waals surface area contributed by atoms with Gasteiger partial charge in [-0.05, 0) is 13.3 Å². The molecule has 0 nitrogen and oxygen atoms in total. The van der Waals surface area contributed by atoms with Crippen molar-refractivity contribution in [3.05, 3.63) is 25.3 Å². The molecule has 0 heterocycles. The summed E-state index contributed by atoms with van der Waals surface area (Å²) >= 11 is 0. The summed E-state index contributed by atoms with van der Waals surface area (Å²) in [6.45, 7) is 22.2. The van der Waals surface area contributed by atoms with Crippen molar-refractivity contribution >= 4 is 0 Å². The van der Waals surface area contributed by atoms with Gasteiger partial charge in [0.2, 0.25) is 0 Å². The van der Waals surface area contributed by atoms with Crippen molar-refractivity contribution in [2.24, 2.45) is 0 Å². The van der Waals surface area contributed by atoms with Gasteiger partial charge in [-0.25, -0.2) is 0 Å². The first kappa shape index (κ1) is 29.4. The van der Waals surface area contributed by atoms with Crippen LogP contribution in [0.1, 0.15) is 61.8 Å². The molecule has 0 spiro atoms. The SMILES string of the molecule is C/C=C\CC.C=C.CC.CC.CC. The zero-order valence-corrected chi connectivity index (χ0v) is 11.3. The van der Waals surface area contributed by atoms with Crippen LogP contribution >= 0.6 is 0 Å². The van der Waals surface area contributed by atoms with Crippen LogP contribution in [0, 0.1) is 0 Å². The zero-order chi connectivity index (χ0) is 12.1. The second-order valence-corrected chi connectivity index (χ2v) is 0.977. The molecule has 0 bridgehead atoms. The summed E-state index contributed by atoms with van der Waals surface area (Å²) in [5.74, 6) is 0. The van der Waals surface area contributed by atoms with Crippen LogP contribution in [0.3, 0.4) is 0 Å². The van der Waals surface area contributed by atoms with E-state index < -0.39 is 0 Å². The monoisotopic (exact) mass is 188 g/mol. The molecule has 0 aromatic carbocycles. The minimum Gasteiger partial charge on any atom is -0.106 e. The predicted octanol–water partition coefficient (Wildman–Crippen LogP) is 5.85. The highest BCUT2D eigenvalue weighted by atomic mass is 13.6. The first-order valence-electron chi connectivity index (χ1n) is 5.53. The van der Waals surface area contributed by atoms with Crippen molar-refractivity contribution in [1.82, 2.24) is 0 Å². The lowest BCUT2D eigenvalue weighted by molar-refractivity contribution is 1.22. The summed E-state index contributed by atoms with van der Waals surface area (Å²) in [4.78, 5) is 0. The van der Waals surface area contributed by atoms with Crippen molar-refractivity contribution in [3.8, 4) is 0 Å². The third-order valence-corrected chi connectivity index (χ3v) is 0.471. The van der Waals surface area contributed by atoms with Crippen molar-refractivity contribution in [2.75, 3.05) is 0 Å². The fourth-order valence-corrected chi connectivity index (χ4v) is 0.236. The van der Waals surface area contributed by atoms with Crippen LogP contribution in [0.5, 0.6) is 0 Å². The molecule has 0 saturated heterocycles. The molecule has 0 rings (SSSR count). The molecular formula is C13H32. The maximum Gasteiger partial charge on any atom is -0.0379 e. The van der Waals surface area contributed by atoms with E-state index in [9.17, 15) is 0 Å². The molecule has 0 amide bonds. The molecule has 0 aliphatic rings. The second kappa shape index (κ2) is 205. The largest absolute Gasteiger partial charge is 0.106 e. The maximum absolute atomic E-state index is 3.00. The molecule has 0 N–H and O–H groups in total. The van der Waals surface area contributed by atoms with Crippen molar-refractivity contribution in [1.29, 1.82) is 0 Å². The van der Waals surface area contributed by atoms with Gasteiger partial charge in [-0.3, -0.25) is 0 Å². The van der Waals surface area contributed by atoms with E-state index in [1.807, 2.05) is 48.5 Å². The molecule has 0 radical (unpaired) electrons. The van der Waals surface area contributed by atoms with Gasteiger partial charge in [0.15, 0.2) is 0 Å². The first-order valence-corrected chi connectivity index (χ1v) is 5.53. The van der Waals surface area contributed by atoms with Gasteiger partial charge in [0, 0.05) is 0 Å². The first-order chi connectivity index (χ1) is 6.41. The summed E-state index contributed by atoms with van der Waals surface area (Å²) in [5, 5.41) is 0. The van der Waals surface area contributed by atoms with E-state index in [0.29, 0.717) is 0 Å². The van der Waals surface area contributed by atoms with Crippen LogP contribution in [-0.2, 0) is 0 Å². The molecule has 0 aromatic rings. The number of hydrogen-bond acceptors (Lipinski definition) is 0. The van der Waals surface area contributed by atoms with Gasteiger partial charge >= 0.3 is 0 Å². The van der Waals surface area contributed by atoms with Gasteiger partial charge in [0.05, 0.1) is 0 Å². The molecule has 0 atom stereocenters. The third kappa shape index (κ3) is 471. The van der Waals surface area contributed by atoms with E-state index in [2.05, 4.69) is 32.2 Å². The Balaban J connectivity index is -0.0000000230. The number of rotatable bonds is 1. The Morgan fingerprint density at radius 2 is 1.08 bits per heavy atom.